The topological polar surface area (TPSA) is 38.2 Å². The van der Waals surface area contributed by atoms with Gasteiger partial charge in [0.15, 0.2) is 0 Å². The Hall–Kier alpha value is -1.43. The van der Waals surface area contributed by atoms with Crippen LogP contribution in [0, 0.1) is 0 Å². The summed E-state index contributed by atoms with van der Waals surface area (Å²) in [5, 5.41) is 0. The van der Waals surface area contributed by atoms with Gasteiger partial charge in [-0.15, -0.1) is 11.8 Å². The molecule has 0 saturated carbocycles. The predicted molar refractivity (Wildman–Crippen MR) is 92.1 cm³/mol. The van der Waals surface area contributed by atoms with Crippen molar-refractivity contribution in [3.63, 3.8) is 0 Å². The number of ether oxygens (including phenoxy) is 1. The molecule has 2 saturated heterocycles. The van der Waals surface area contributed by atoms with Crippen LogP contribution in [0.2, 0.25) is 0 Å². The SMILES string of the molecule is c1ccc(COC2CSC3(C2)CN(Cc2cccnc2)C3)nc1. The van der Waals surface area contributed by atoms with Crippen molar-refractivity contribution in [3.05, 3.63) is 60.2 Å². The molecule has 23 heavy (non-hydrogen) atoms. The van der Waals surface area contributed by atoms with E-state index in [2.05, 4.69) is 32.7 Å². The third-order valence-corrected chi connectivity index (χ3v) is 6.10. The molecule has 0 N–H and O–H groups in total. The van der Waals surface area contributed by atoms with E-state index in [1.54, 1.807) is 0 Å². The van der Waals surface area contributed by atoms with Gasteiger partial charge in [0.25, 0.3) is 0 Å². The first-order valence-electron chi connectivity index (χ1n) is 8.08. The summed E-state index contributed by atoms with van der Waals surface area (Å²) in [4.78, 5) is 11.0. The van der Waals surface area contributed by atoms with E-state index in [4.69, 9.17) is 4.74 Å². The minimum Gasteiger partial charge on any atom is -0.371 e. The largest absolute Gasteiger partial charge is 0.371 e. The molecule has 1 spiro atoms. The number of hydrogen-bond donors (Lipinski definition) is 0. The maximum atomic E-state index is 6.06. The van der Waals surface area contributed by atoms with Crippen LogP contribution in [-0.4, -0.2) is 44.6 Å². The summed E-state index contributed by atoms with van der Waals surface area (Å²) < 4.78 is 6.48. The van der Waals surface area contributed by atoms with Crippen molar-refractivity contribution in [1.82, 2.24) is 14.9 Å². The molecule has 2 aliphatic rings. The molecule has 0 radical (unpaired) electrons. The fourth-order valence-electron chi connectivity index (χ4n) is 3.45. The fraction of sp³-hybridized carbons (Fsp3) is 0.444. The van der Waals surface area contributed by atoms with Crippen LogP contribution in [0.25, 0.3) is 0 Å². The van der Waals surface area contributed by atoms with Crippen LogP contribution in [-0.2, 0) is 17.9 Å². The first-order valence-corrected chi connectivity index (χ1v) is 9.07. The van der Waals surface area contributed by atoms with Crippen molar-refractivity contribution in [3.8, 4) is 0 Å². The van der Waals surface area contributed by atoms with Crippen molar-refractivity contribution in [2.24, 2.45) is 0 Å². The van der Waals surface area contributed by atoms with Gasteiger partial charge in [0, 0.05) is 48.7 Å². The van der Waals surface area contributed by atoms with E-state index >= 15 is 0 Å². The number of nitrogens with zero attached hydrogens (tertiary/aromatic N) is 3. The van der Waals surface area contributed by atoms with E-state index in [-0.39, 0.29) is 0 Å². The summed E-state index contributed by atoms with van der Waals surface area (Å²) in [5.74, 6) is 1.10. The van der Waals surface area contributed by atoms with Gasteiger partial charge in [-0.05, 0) is 30.2 Å². The van der Waals surface area contributed by atoms with E-state index in [0.29, 0.717) is 17.5 Å². The molecule has 120 valence electrons. The van der Waals surface area contributed by atoms with Gasteiger partial charge >= 0.3 is 0 Å². The first kappa shape index (κ1) is 15.1. The molecule has 2 fully saturated rings. The summed E-state index contributed by atoms with van der Waals surface area (Å²) in [6.45, 7) is 3.96. The minimum atomic E-state index is 0.363. The molecule has 0 bridgehead atoms. The molecule has 2 aromatic rings. The van der Waals surface area contributed by atoms with Crippen molar-refractivity contribution in [2.45, 2.75) is 30.4 Å². The lowest BCUT2D eigenvalue weighted by atomic mass is 9.92. The molecule has 1 unspecified atom stereocenters. The highest BCUT2D eigenvalue weighted by Crippen LogP contribution is 2.46. The van der Waals surface area contributed by atoms with Crippen LogP contribution in [0.15, 0.2) is 48.9 Å². The zero-order valence-corrected chi connectivity index (χ0v) is 13.9. The maximum Gasteiger partial charge on any atom is 0.0892 e. The van der Waals surface area contributed by atoms with Gasteiger partial charge in [-0.25, -0.2) is 0 Å². The average Bonchev–Trinajstić information content (AvgIpc) is 2.99. The monoisotopic (exact) mass is 327 g/mol. The highest BCUT2D eigenvalue weighted by atomic mass is 32.2. The molecule has 0 aromatic carbocycles. The van der Waals surface area contributed by atoms with Crippen LogP contribution < -0.4 is 0 Å². The Morgan fingerprint density at radius 1 is 1.22 bits per heavy atom. The molecule has 0 aliphatic carbocycles. The van der Waals surface area contributed by atoms with E-state index < -0.39 is 0 Å². The number of thioether (sulfide) groups is 1. The number of likely N-dealkylation sites (tertiary alicyclic amines) is 1. The van der Waals surface area contributed by atoms with E-state index in [9.17, 15) is 0 Å². The summed E-state index contributed by atoms with van der Waals surface area (Å²) in [7, 11) is 0. The second kappa shape index (κ2) is 6.59. The Balaban J connectivity index is 1.24. The van der Waals surface area contributed by atoms with Gasteiger partial charge in [-0.3, -0.25) is 14.9 Å². The molecule has 4 heterocycles. The molecule has 5 heteroatoms. The zero-order chi connectivity index (χ0) is 15.5. The molecule has 2 aliphatic heterocycles. The van der Waals surface area contributed by atoms with Gasteiger partial charge in [0.1, 0.15) is 0 Å². The van der Waals surface area contributed by atoms with Gasteiger partial charge in [-0.1, -0.05) is 12.1 Å². The standard InChI is InChI=1S/C18H21N3OS/c1-2-7-20-16(5-1)11-22-17-8-18(23-12-17)13-21(14-18)10-15-4-3-6-19-9-15/h1-7,9,17H,8,10-14H2. The van der Waals surface area contributed by atoms with E-state index in [1.807, 2.05) is 42.9 Å². The smallest absolute Gasteiger partial charge is 0.0892 e. The number of pyridine rings is 2. The highest BCUT2D eigenvalue weighted by molar-refractivity contribution is 8.01. The summed E-state index contributed by atoms with van der Waals surface area (Å²) in [6.07, 6.45) is 7.14. The lowest BCUT2D eigenvalue weighted by molar-refractivity contribution is 0.0251. The second-order valence-corrected chi connectivity index (χ2v) is 7.95. The molecule has 4 nitrogen and oxygen atoms in total. The third kappa shape index (κ3) is 3.57. The Kier molecular flexibility index (Phi) is 4.33. The lowest BCUT2D eigenvalue weighted by Gasteiger charge is -2.47. The average molecular weight is 327 g/mol. The molecule has 0 amide bonds. The van der Waals surface area contributed by atoms with Crippen LogP contribution in [0.3, 0.4) is 0 Å². The van der Waals surface area contributed by atoms with Gasteiger partial charge in [0.05, 0.1) is 18.4 Å². The van der Waals surface area contributed by atoms with Crippen LogP contribution in [0.4, 0.5) is 0 Å². The summed E-state index contributed by atoms with van der Waals surface area (Å²) in [5.41, 5.74) is 2.32. The van der Waals surface area contributed by atoms with Crippen molar-refractivity contribution < 1.29 is 4.74 Å². The van der Waals surface area contributed by atoms with Crippen LogP contribution in [0.5, 0.6) is 0 Å². The highest BCUT2D eigenvalue weighted by Gasteiger charge is 2.49. The Morgan fingerprint density at radius 2 is 2.17 bits per heavy atom. The normalized spacial score (nSPS) is 23.0. The molecule has 4 rings (SSSR count). The lowest BCUT2D eigenvalue weighted by Crippen LogP contribution is -2.58. The Morgan fingerprint density at radius 3 is 2.96 bits per heavy atom. The Bertz CT molecular complexity index is 631. The first-order chi connectivity index (χ1) is 11.3. The summed E-state index contributed by atoms with van der Waals surface area (Å²) in [6, 6.07) is 10.1. The minimum absolute atomic E-state index is 0.363. The predicted octanol–water partition coefficient (Wildman–Crippen LogP) is 2.75. The van der Waals surface area contributed by atoms with Crippen LogP contribution >= 0.6 is 11.8 Å². The fourth-order valence-corrected chi connectivity index (χ4v) is 5.05. The van der Waals surface area contributed by atoms with Crippen molar-refractivity contribution in [1.29, 1.82) is 0 Å². The molecular weight excluding hydrogens is 306 g/mol. The third-order valence-electron chi connectivity index (χ3n) is 4.52. The number of rotatable bonds is 5. The quantitative estimate of drug-likeness (QED) is 0.844. The van der Waals surface area contributed by atoms with Crippen molar-refractivity contribution >= 4 is 11.8 Å². The van der Waals surface area contributed by atoms with Gasteiger partial charge in [0.2, 0.25) is 0 Å². The molecular formula is C18H21N3OS. The van der Waals surface area contributed by atoms with Crippen molar-refractivity contribution in [2.75, 3.05) is 18.8 Å². The number of aromatic nitrogens is 2. The van der Waals surface area contributed by atoms with E-state index in [0.717, 1.165) is 37.5 Å². The maximum absolute atomic E-state index is 6.06. The molecule has 1 atom stereocenters. The van der Waals surface area contributed by atoms with Crippen LogP contribution in [0.1, 0.15) is 17.7 Å². The van der Waals surface area contributed by atoms with Gasteiger partial charge in [-0.2, -0.15) is 0 Å². The summed E-state index contributed by atoms with van der Waals surface area (Å²) >= 11 is 2.09. The van der Waals surface area contributed by atoms with E-state index in [1.165, 1.54) is 5.56 Å². The zero-order valence-electron chi connectivity index (χ0n) is 13.1. The number of hydrogen-bond acceptors (Lipinski definition) is 5. The van der Waals surface area contributed by atoms with Gasteiger partial charge < -0.3 is 4.74 Å². The second-order valence-electron chi connectivity index (χ2n) is 6.46. The Labute approximate surface area is 141 Å². The molecule has 2 aromatic heterocycles.